The number of rotatable bonds is 0. The minimum absolute atomic E-state index is 0.353. The van der Waals surface area contributed by atoms with Gasteiger partial charge in [0.25, 0.3) is 0 Å². The molecule has 0 spiro atoms. The first kappa shape index (κ1) is 20.3. The second-order valence-corrected chi connectivity index (χ2v) is 7.84. The quantitative estimate of drug-likeness (QED) is 0.240. The summed E-state index contributed by atoms with van der Waals surface area (Å²) in [4.78, 5) is 9.73. The lowest BCUT2D eigenvalue weighted by Crippen LogP contribution is -1.95. The van der Waals surface area contributed by atoms with Crippen molar-refractivity contribution in [3.05, 3.63) is 96.6 Å². The average Bonchev–Trinajstić information content (AvgIpc) is 3.43. The Morgan fingerprint density at radius 1 is 0.529 bits per heavy atom. The van der Waals surface area contributed by atoms with Gasteiger partial charge in [-0.05, 0) is 60.7 Å². The van der Waals surface area contributed by atoms with E-state index in [0.717, 1.165) is 33.1 Å². The lowest BCUT2D eigenvalue weighted by Gasteiger charge is -2.08. The van der Waals surface area contributed by atoms with Crippen molar-refractivity contribution in [3.8, 4) is 0 Å². The van der Waals surface area contributed by atoms with Gasteiger partial charge in [0.2, 0.25) is 0 Å². The van der Waals surface area contributed by atoms with E-state index in [0.29, 0.717) is 22.1 Å². The highest BCUT2D eigenvalue weighted by molar-refractivity contribution is 6.06. The molecule has 0 aliphatic carbocycles. The molecule has 34 heavy (non-hydrogen) atoms. The van der Waals surface area contributed by atoms with Crippen LogP contribution in [-0.2, 0) is 0 Å². The van der Waals surface area contributed by atoms with E-state index in [2.05, 4.69) is 0 Å². The highest BCUT2D eigenvalue weighted by Crippen LogP contribution is 2.32. The van der Waals surface area contributed by atoms with Gasteiger partial charge in [-0.25, -0.2) is 18.7 Å². The molecule has 0 N–H and O–H groups in total. The van der Waals surface area contributed by atoms with Gasteiger partial charge in [-0.2, -0.15) is 0 Å². The highest BCUT2D eigenvalue weighted by Gasteiger charge is 2.16. The first-order valence-corrected chi connectivity index (χ1v) is 11.2. The van der Waals surface area contributed by atoms with Gasteiger partial charge in [0.15, 0.2) is 0 Å². The number of halogens is 2. The Labute approximate surface area is 193 Å². The number of aromatic nitrogens is 4. The monoisotopic (exact) mass is 450 g/mol. The highest BCUT2D eigenvalue weighted by atomic mass is 19.1. The predicted molar refractivity (Wildman–Crippen MR) is 134 cm³/mol. The lowest BCUT2D eigenvalue weighted by molar-refractivity contribution is 0.629. The molecular weight excluding hydrogens is 430 g/mol. The van der Waals surface area contributed by atoms with Crippen molar-refractivity contribution in [2.75, 3.05) is 0 Å². The average molecular weight is 450 g/mol. The second kappa shape index (κ2) is 7.63. The van der Waals surface area contributed by atoms with Gasteiger partial charge in [-0.15, -0.1) is 0 Å². The fourth-order valence-corrected chi connectivity index (χ4v) is 4.67. The molecule has 4 aromatic carbocycles. The molecule has 4 nitrogen and oxygen atoms in total. The second-order valence-electron chi connectivity index (χ2n) is 7.84. The van der Waals surface area contributed by atoms with E-state index in [1.165, 1.54) is 24.3 Å². The number of imidazole rings is 2. The van der Waals surface area contributed by atoms with E-state index in [1.54, 1.807) is 12.1 Å². The summed E-state index contributed by atoms with van der Waals surface area (Å²) >= 11 is 0. The molecule has 166 valence electrons. The van der Waals surface area contributed by atoms with E-state index in [9.17, 15) is 8.78 Å². The fraction of sp³-hybridized carbons (Fsp3) is 0.0714. The normalized spacial score (nSPS) is 11.5. The molecule has 0 aliphatic rings. The van der Waals surface area contributed by atoms with Crippen LogP contribution in [0.5, 0.6) is 0 Å². The summed E-state index contributed by atoms with van der Waals surface area (Å²) in [5, 5.41) is 1.28. The summed E-state index contributed by atoms with van der Waals surface area (Å²) in [6.07, 6.45) is 0. The third kappa shape index (κ3) is 2.81. The van der Waals surface area contributed by atoms with Gasteiger partial charge in [0, 0.05) is 10.8 Å². The van der Waals surface area contributed by atoms with E-state index in [1.807, 2.05) is 71.2 Å². The standard InChI is InChI=1S/C26H14F2N4.C2H6/c27-15-10-12-22-17(13-15)25-29-19-5-1-3-7-23(19)31(25)21-11-9-16(28)14-18(21)26-30-20-6-2-4-8-24(20)32(22)26;1-2/h1-14H;1-2H3. The summed E-state index contributed by atoms with van der Waals surface area (Å²) in [6, 6.07) is 24.8. The lowest BCUT2D eigenvalue weighted by atomic mass is 10.2. The third-order valence-corrected chi connectivity index (χ3v) is 6.00. The Bertz CT molecular complexity index is 1770. The first-order chi connectivity index (χ1) is 16.7. The molecule has 0 unspecified atom stereocenters. The van der Waals surface area contributed by atoms with Crippen LogP contribution in [0.25, 0.3) is 55.2 Å². The summed E-state index contributed by atoms with van der Waals surface area (Å²) in [5.74, 6) is -0.707. The molecule has 0 atom stereocenters. The Morgan fingerprint density at radius 2 is 0.941 bits per heavy atom. The zero-order valence-corrected chi connectivity index (χ0v) is 18.6. The zero-order valence-electron chi connectivity index (χ0n) is 18.6. The molecule has 0 radical (unpaired) electrons. The van der Waals surface area contributed by atoms with E-state index >= 15 is 0 Å². The number of benzene rings is 4. The Kier molecular flexibility index (Phi) is 4.55. The van der Waals surface area contributed by atoms with Crippen LogP contribution in [0.4, 0.5) is 8.78 Å². The van der Waals surface area contributed by atoms with Gasteiger partial charge in [0.1, 0.15) is 22.9 Å². The number of fused-ring (bicyclic) bond motifs is 12. The molecule has 3 heterocycles. The van der Waals surface area contributed by atoms with Crippen LogP contribution >= 0.6 is 0 Å². The maximum absolute atomic E-state index is 14.5. The smallest absolute Gasteiger partial charge is 0.147 e. The van der Waals surface area contributed by atoms with Crippen molar-refractivity contribution < 1.29 is 8.78 Å². The molecule has 0 fully saturated rings. The van der Waals surface area contributed by atoms with E-state index < -0.39 is 0 Å². The van der Waals surface area contributed by atoms with E-state index in [4.69, 9.17) is 9.97 Å². The molecule has 0 aliphatic heterocycles. The van der Waals surface area contributed by atoms with Gasteiger partial charge in [0.05, 0.1) is 33.1 Å². The van der Waals surface area contributed by atoms with Crippen molar-refractivity contribution in [3.63, 3.8) is 0 Å². The Morgan fingerprint density at radius 3 is 1.38 bits per heavy atom. The molecule has 7 rings (SSSR count). The molecule has 0 amide bonds. The minimum atomic E-state index is -0.353. The summed E-state index contributed by atoms with van der Waals surface area (Å²) in [5.41, 5.74) is 5.93. The third-order valence-electron chi connectivity index (χ3n) is 6.00. The molecule has 7 aromatic rings. The van der Waals surface area contributed by atoms with Crippen molar-refractivity contribution in [1.82, 2.24) is 18.8 Å². The van der Waals surface area contributed by atoms with Crippen LogP contribution in [0.1, 0.15) is 13.8 Å². The minimum Gasteiger partial charge on any atom is -0.292 e. The SMILES string of the molecule is CC.Fc1ccc2c(c1)c1nc3ccccc3n1c1ccc(F)cc1c1nc3ccccc3n21. The molecule has 0 saturated carbocycles. The van der Waals surface area contributed by atoms with Crippen LogP contribution in [0, 0.1) is 11.6 Å². The van der Waals surface area contributed by atoms with Crippen molar-refractivity contribution in [2.45, 2.75) is 13.8 Å². The maximum atomic E-state index is 14.5. The van der Waals surface area contributed by atoms with Gasteiger partial charge in [-0.1, -0.05) is 38.1 Å². The first-order valence-electron chi connectivity index (χ1n) is 11.2. The van der Waals surface area contributed by atoms with Gasteiger partial charge in [-0.3, -0.25) is 8.80 Å². The number of hydrogen-bond acceptors (Lipinski definition) is 2. The van der Waals surface area contributed by atoms with Crippen LogP contribution < -0.4 is 0 Å². The predicted octanol–water partition coefficient (Wildman–Crippen LogP) is 7.46. The van der Waals surface area contributed by atoms with Crippen molar-refractivity contribution in [2.24, 2.45) is 0 Å². The Hall–Kier alpha value is -4.32. The zero-order chi connectivity index (χ0) is 23.4. The summed E-state index contributed by atoms with van der Waals surface area (Å²) in [6.45, 7) is 4.00. The van der Waals surface area contributed by atoms with E-state index in [-0.39, 0.29) is 11.6 Å². The number of hydrogen-bond donors (Lipinski definition) is 0. The van der Waals surface area contributed by atoms with Gasteiger partial charge >= 0.3 is 0 Å². The summed E-state index contributed by atoms with van der Waals surface area (Å²) in [7, 11) is 0. The molecule has 0 saturated heterocycles. The number of nitrogens with zero attached hydrogens (tertiary/aromatic N) is 4. The van der Waals surface area contributed by atoms with Crippen LogP contribution in [-0.4, -0.2) is 18.8 Å². The fourth-order valence-electron chi connectivity index (χ4n) is 4.67. The number of para-hydroxylation sites is 4. The van der Waals surface area contributed by atoms with Crippen molar-refractivity contribution in [1.29, 1.82) is 0 Å². The molecular formula is C28H20F2N4. The van der Waals surface area contributed by atoms with Crippen LogP contribution in [0.3, 0.4) is 0 Å². The molecule has 0 bridgehead atoms. The Balaban J connectivity index is 0.00000106. The largest absolute Gasteiger partial charge is 0.292 e. The topological polar surface area (TPSA) is 34.6 Å². The van der Waals surface area contributed by atoms with Crippen LogP contribution in [0.2, 0.25) is 0 Å². The molecule has 3 aromatic heterocycles. The maximum Gasteiger partial charge on any atom is 0.147 e. The molecule has 6 heteroatoms. The van der Waals surface area contributed by atoms with Gasteiger partial charge < -0.3 is 0 Å². The summed E-state index contributed by atoms with van der Waals surface area (Å²) < 4.78 is 33.0. The van der Waals surface area contributed by atoms with Crippen LogP contribution in [0.15, 0.2) is 84.9 Å². The van der Waals surface area contributed by atoms with Crippen molar-refractivity contribution >= 4 is 55.2 Å².